The molecular weight excluding hydrogens is 196 g/mol. The summed E-state index contributed by atoms with van der Waals surface area (Å²) in [5.41, 5.74) is 6.97. The van der Waals surface area contributed by atoms with E-state index in [0.717, 1.165) is 0 Å². The number of thiol groups is 1. The van der Waals surface area contributed by atoms with Gasteiger partial charge in [-0.05, 0) is 62.4 Å². The van der Waals surface area contributed by atoms with Crippen LogP contribution in [0.15, 0.2) is 4.90 Å². The van der Waals surface area contributed by atoms with E-state index in [1.807, 2.05) is 0 Å². The van der Waals surface area contributed by atoms with Crippen LogP contribution in [0, 0.1) is 34.6 Å². The molecule has 0 amide bonds. The Kier molecular flexibility index (Phi) is 3.36. The van der Waals surface area contributed by atoms with E-state index in [0.29, 0.717) is 0 Å². The summed E-state index contributed by atoms with van der Waals surface area (Å²) in [6.45, 7) is 10.9. The molecule has 0 fully saturated rings. The largest absolute Gasteiger partial charge is 0.106 e. The van der Waals surface area contributed by atoms with Crippen molar-refractivity contribution in [3.8, 4) is 0 Å². The number of hydrogen-bond donors (Lipinski definition) is 1. The summed E-state index contributed by atoms with van der Waals surface area (Å²) in [6, 6.07) is 0. The van der Waals surface area contributed by atoms with Gasteiger partial charge in [0.1, 0.15) is 0 Å². The van der Waals surface area contributed by atoms with E-state index in [1.165, 1.54) is 32.7 Å². The van der Waals surface area contributed by atoms with Gasteiger partial charge in [-0.1, -0.05) is 10.8 Å². The van der Waals surface area contributed by atoms with Crippen LogP contribution >= 0.6 is 22.5 Å². The Balaban J connectivity index is 3.56. The first kappa shape index (κ1) is 11.0. The van der Waals surface area contributed by atoms with E-state index < -0.39 is 0 Å². The molecule has 0 unspecified atom stereocenters. The van der Waals surface area contributed by atoms with Crippen LogP contribution in [0.4, 0.5) is 0 Å². The van der Waals surface area contributed by atoms with E-state index in [1.54, 1.807) is 10.8 Å². The quantitative estimate of drug-likeness (QED) is 0.538. The number of hydrogen-bond acceptors (Lipinski definition) is 2. The molecule has 0 aromatic heterocycles. The van der Waals surface area contributed by atoms with Gasteiger partial charge >= 0.3 is 0 Å². The lowest BCUT2D eigenvalue weighted by molar-refractivity contribution is 1.10. The molecule has 1 aromatic carbocycles. The molecule has 0 radical (unpaired) electrons. The van der Waals surface area contributed by atoms with Gasteiger partial charge in [-0.3, -0.25) is 0 Å². The summed E-state index contributed by atoms with van der Waals surface area (Å²) in [7, 11) is 1.55. The zero-order valence-corrected chi connectivity index (χ0v) is 10.6. The van der Waals surface area contributed by atoms with Gasteiger partial charge in [-0.15, -0.1) is 11.7 Å². The lowest BCUT2D eigenvalue weighted by atomic mass is 9.95. The van der Waals surface area contributed by atoms with Crippen LogP contribution in [-0.2, 0) is 0 Å². The summed E-state index contributed by atoms with van der Waals surface area (Å²) >= 11 is 4.30. The van der Waals surface area contributed by atoms with E-state index in [4.69, 9.17) is 0 Å². The Morgan fingerprint density at radius 1 is 0.692 bits per heavy atom. The van der Waals surface area contributed by atoms with Gasteiger partial charge in [0.2, 0.25) is 0 Å². The molecule has 0 heterocycles. The predicted molar refractivity (Wildman–Crippen MR) is 65.0 cm³/mol. The van der Waals surface area contributed by atoms with Gasteiger partial charge in [0, 0.05) is 4.90 Å². The van der Waals surface area contributed by atoms with Crippen molar-refractivity contribution in [2.75, 3.05) is 0 Å². The standard InChI is InChI=1S/C11H16S2/c1-6-7(2)9(4)11(13-12)10(5)8(6)3/h12H,1-5H3. The molecular formula is C11H16S2. The minimum absolute atomic E-state index is 1.32. The Morgan fingerprint density at radius 2 is 1.00 bits per heavy atom. The van der Waals surface area contributed by atoms with Gasteiger partial charge < -0.3 is 0 Å². The highest BCUT2D eigenvalue weighted by Gasteiger charge is 2.10. The average molecular weight is 212 g/mol. The van der Waals surface area contributed by atoms with Crippen molar-refractivity contribution >= 4 is 22.5 Å². The van der Waals surface area contributed by atoms with Gasteiger partial charge in [-0.25, -0.2) is 0 Å². The molecule has 0 aliphatic carbocycles. The van der Waals surface area contributed by atoms with E-state index in [2.05, 4.69) is 46.3 Å². The molecule has 0 aliphatic rings. The summed E-state index contributed by atoms with van der Waals surface area (Å²) in [4.78, 5) is 1.32. The van der Waals surface area contributed by atoms with Crippen LogP contribution in [0.1, 0.15) is 27.8 Å². The van der Waals surface area contributed by atoms with Crippen molar-refractivity contribution in [1.82, 2.24) is 0 Å². The van der Waals surface area contributed by atoms with Gasteiger partial charge in [-0.2, -0.15) is 0 Å². The molecule has 1 aromatic rings. The maximum atomic E-state index is 4.30. The molecule has 0 nitrogen and oxygen atoms in total. The molecule has 13 heavy (non-hydrogen) atoms. The van der Waals surface area contributed by atoms with Crippen molar-refractivity contribution in [2.45, 2.75) is 39.5 Å². The number of rotatable bonds is 1. The zero-order chi connectivity index (χ0) is 10.2. The second-order valence-electron chi connectivity index (χ2n) is 3.55. The summed E-state index contributed by atoms with van der Waals surface area (Å²) in [6.07, 6.45) is 0. The molecule has 0 bridgehead atoms. The molecule has 0 saturated carbocycles. The van der Waals surface area contributed by atoms with Gasteiger partial charge in [0.15, 0.2) is 0 Å². The third-order valence-electron chi connectivity index (χ3n) is 3.02. The van der Waals surface area contributed by atoms with Crippen molar-refractivity contribution in [3.05, 3.63) is 27.8 Å². The second kappa shape index (κ2) is 3.97. The maximum Gasteiger partial charge on any atom is 0.0244 e. The average Bonchev–Trinajstić information content (AvgIpc) is 2.13. The summed E-state index contributed by atoms with van der Waals surface area (Å²) in [5.74, 6) is 0. The summed E-state index contributed by atoms with van der Waals surface area (Å²) in [5, 5.41) is 0. The first-order chi connectivity index (χ1) is 6.00. The Morgan fingerprint density at radius 3 is 1.31 bits per heavy atom. The van der Waals surface area contributed by atoms with Gasteiger partial charge in [0.25, 0.3) is 0 Å². The molecule has 0 saturated heterocycles. The van der Waals surface area contributed by atoms with Gasteiger partial charge in [0.05, 0.1) is 0 Å². The first-order valence-electron chi connectivity index (χ1n) is 4.39. The fourth-order valence-corrected chi connectivity index (χ4v) is 3.00. The van der Waals surface area contributed by atoms with Crippen LogP contribution in [0.25, 0.3) is 0 Å². The molecule has 1 rings (SSSR count). The van der Waals surface area contributed by atoms with Crippen LogP contribution < -0.4 is 0 Å². The van der Waals surface area contributed by atoms with E-state index >= 15 is 0 Å². The monoisotopic (exact) mass is 212 g/mol. The lowest BCUT2D eigenvalue weighted by Gasteiger charge is -2.16. The third kappa shape index (κ3) is 1.75. The van der Waals surface area contributed by atoms with Crippen LogP contribution in [-0.4, -0.2) is 0 Å². The van der Waals surface area contributed by atoms with Crippen molar-refractivity contribution in [2.24, 2.45) is 0 Å². The first-order valence-corrected chi connectivity index (χ1v) is 6.26. The summed E-state index contributed by atoms with van der Waals surface area (Å²) < 4.78 is 0. The van der Waals surface area contributed by atoms with Crippen LogP contribution in [0.2, 0.25) is 0 Å². The molecule has 2 heteroatoms. The predicted octanol–water partition coefficient (Wildman–Crippen LogP) is 4.17. The minimum Gasteiger partial charge on any atom is -0.106 e. The lowest BCUT2D eigenvalue weighted by Crippen LogP contribution is -1.97. The highest BCUT2D eigenvalue weighted by molar-refractivity contribution is 8.68. The molecule has 0 N–H and O–H groups in total. The molecule has 0 spiro atoms. The fourth-order valence-electron chi connectivity index (χ4n) is 1.60. The Labute approximate surface area is 89.9 Å². The van der Waals surface area contributed by atoms with Crippen LogP contribution in [0.5, 0.6) is 0 Å². The Bertz CT molecular complexity index is 311. The molecule has 0 atom stereocenters. The van der Waals surface area contributed by atoms with E-state index in [-0.39, 0.29) is 0 Å². The smallest absolute Gasteiger partial charge is 0.0244 e. The minimum atomic E-state index is 1.32. The highest BCUT2D eigenvalue weighted by atomic mass is 33.1. The SMILES string of the molecule is Cc1c(C)c(C)c(SS)c(C)c1C. The fraction of sp³-hybridized carbons (Fsp3) is 0.455. The zero-order valence-electron chi connectivity index (χ0n) is 8.86. The van der Waals surface area contributed by atoms with Crippen molar-refractivity contribution in [3.63, 3.8) is 0 Å². The molecule has 72 valence electrons. The highest BCUT2D eigenvalue weighted by Crippen LogP contribution is 2.34. The number of benzene rings is 1. The Hall–Kier alpha value is -0.0800. The van der Waals surface area contributed by atoms with E-state index in [9.17, 15) is 0 Å². The normalized spacial score (nSPS) is 10.6. The maximum absolute atomic E-state index is 4.30. The topological polar surface area (TPSA) is 0 Å². The van der Waals surface area contributed by atoms with Crippen molar-refractivity contribution < 1.29 is 0 Å². The van der Waals surface area contributed by atoms with Crippen molar-refractivity contribution in [1.29, 1.82) is 0 Å². The second-order valence-corrected chi connectivity index (χ2v) is 4.68. The third-order valence-corrected chi connectivity index (χ3v) is 4.37. The molecule has 0 aliphatic heterocycles. The van der Waals surface area contributed by atoms with Crippen LogP contribution in [0.3, 0.4) is 0 Å².